The number of halogens is 2. The van der Waals surface area contributed by atoms with Crippen molar-refractivity contribution in [1.29, 1.82) is 0 Å². The smallest absolute Gasteiger partial charge is 0.162 e. The maximum atomic E-state index is 13.6. The highest BCUT2D eigenvalue weighted by molar-refractivity contribution is 5.73. The lowest BCUT2D eigenvalue weighted by molar-refractivity contribution is 0.327. The third-order valence-electron chi connectivity index (χ3n) is 3.93. The fourth-order valence-electron chi connectivity index (χ4n) is 2.83. The molecule has 2 aromatic carbocycles. The van der Waals surface area contributed by atoms with Crippen molar-refractivity contribution in [3.05, 3.63) is 70.8 Å². The lowest BCUT2D eigenvalue weighted by Gasteiger charge is -2.28. The Balaban J connectivity index is 1.94. The van der Waals surface area contributed by atoms with Crippen LogP contribution in [0.25, 0.3) is 5.70 Å². The second-order valence-electron chi connectivity index (χ2n) is 5.60. The average molecular weight is 316 g/mol. The summed E-state index contributed by atoms with van der Waals surface area (Å²) in [5.74, 6) is 4.43. The van der Waals surface area contributed by atoms with Crippen molar-refractivity contribution < 1.29 is 13.5 Å². The molecule has 0 amide bonds. The van der Waals surface area contributed by atoms with E-state index >= 15 is 0 Å². The normalized spacial score (nSPS) is 13.6. The SMILES string of the molecule is CN(N)C1=C(CCc2ccccc2)COc2cc(F)c(F)cc21. The van der Waals surface area contributed by atoms with E-state index in [0.29, 0.717) is 23.6 Å². The number of hydrogen-bond acceptors (Lipinski definition) is 3. The number of nitrogens with zero attached hydrogens (tertiary/aromatic N) is 1. The largest absolute Gasteiger partial charge is 0.488 e. The molecule has 0 saturated heterocycles. The summed E-state index contributed by atoms with van der Waals surface area (Å²) in [4.78, 5) is 0. The summed E-state index contributed by atoms with van der Waals surface area (Å²) in [7, 11) is 1.69. The molecule has 0 atom stereocenters. The zero-order valence-electron chi connectivity index (χ0n) is 12.9. The van der Waals surface area contributed by atoms with Crippen LogP contribution in [0.3, 0.4) is 0 Å². The van der Waals surface area contributed by atoms with Crippen LogP contribution in [0.2, 0.25) is 0 Å². The van der Waals surface area contributed by atoms with Crippen LogP contribution in [0.5, 0.6) is 5.75 Å². The Kier molecular flexibility index (Phi) is 4.30. The molecule has 0 aromatic heterocycles. The molecule has 1 heterocycles. The van der Waals surface area contributed by atoms with E-state index in [1.807, 2.05) is 18.2 Å². The van der Waals surface area contributed by atoms with E-state index in [4.69, 9.17) is 10.6 Å². The van der Waals surface area contributed by atoms with Crippen LogP contribution in [0.4, 0.5) is 8.78 Å². The molecule has 2 aromatic rings. The Morgan fingerprint density at radius 3 is 2.48 bits per heavy atom. The van der Waals surface area contributed by atoms with E-state index in [1.165, 1.54) is 10.6 Å². The van der Waals surface area contributed by atoms with Gasteiger partial charge in [-0.05, 0) is 30.0 Å². The third-order valence-corrected chi connectivity index (χ3v) is 3.93. The van der Waals surface area contributed by atoms with Crippen molar-refractivity contribution >= 4 is 5.70 Å². The van der Waals surface area contributed by atoms with E-state index in [2.05, 4.69) is 12.1 Å². The molecule has 3 rings (SSSR count). The van der Waals surface area contributed by atoms with Crippen LogP contribution in [0, 0.1) is 11.6 Å². The van der Waals surface area contributed by atoms with E-state index in [0.717, 1.165) is 30.5 Å². The van der Waals surface area contributed by atoms with Crippen LogP contribution in [0.15, 0.2) is 48.0 Å². The molecule has 0 saturated carbocycles. The zero-order chi connectivity index (χ0) is 16.4. The van der Waals surface area contributed by atoms with Gasteiger partial charge in [0.25, 0.3) is 0 Å². The Labute approximate surface area is 133 Å². The van der Waals surface area contributed by atoms with Gasteiger partial charge in [-0.1, -0.05) is 30.3 Å². The van der Waals surface area contributed by atoms with Gasteiger partial charge in [0.05, 0.1) is 5.70 Å². The third kappa shape index (κ3) is 3.19. The van der Waals surface area contributed by atoms with Gasteiger partial charge in [-0.2, -0.15) is 0 Å². The summed E-state index contributed by atoms with van der Waals surface area (Å²) < 4.78 is 32.6. The van der Waals surface area contributed by atoms with E-state index in [1.54, 1.807) is 7.05 Å². The number of hydrazine groups is 1. The molecule has 0 radical (unpaired) electrons. The molecule has 23 heavy (non-hydrogen) atoms. The minimum Gasteiger partial charge on any atom is -0.488 e. The summed E-state index contributed by atoms with van der Waals surface area (Å²) in [5, 5.41) is 1.44. The van der Waals surface area contributed by atoms with E-state index in [-0.39, 0.29) is 0 Å². The van der Waals surface area contributed by atoms with Crippen LogP contribution in [0.1, 0.15) is 17.5 Å². The van der Waals surface area contributed by atoms with Gasteiger partial charge in [-0.15, -0.1) is 0 Å². The van der Waals surface area contributed by atoms with Gasteiger partial charge in [0, 0.05) is 18.7 Å². The lowest BCUT2D eigenvalue weighted by atomic mass is 9.97. The average Bonchev–Trinajstić information content (AvgIpc) is 2.54. The Hall–Kier alpha value is -2.40. The van der Waals surface area contributed by atoms with Crippen molar-refractivity contribution in [1.82, 2.24) is 5.01 Å². The summed E-state index contributed by atoms with van der Waals surface area (Å²) in [6.07, 6.45) is 1.56. The number of hydrogen-bond donors (Lipinski definition) is 1. The Morgan fingerprint density at radius 1 is 1.09 bits per heavy atom. The topological polar surface area (TPSA) is 38.5 Å². The van der Waals surface area contributed by atoms with E-state index < -0.39 is 11.6 Å². The first-order chi connectivity index (χ1) is 11.1. The molecule has 0 aliphatic carbocycles. The van der Waals surface area contributed by atoms with Gasteiger partial charge >= 0.3 is 0 Å². The minimum atomic E-state index is -0.921. The van der Waals surface area contributed by atoms with Crippen LogP contribution < -0.4 is 10.6 Å². The van der Waals surface area contributed by atoms with Crippen molar-refractivity contribution in [2.45, 2.75) is 12.8 Å². The number of aryl methyl sites for hydroxylation is 1. The summed E-state index contributed by atoms with van der Waals surface area (Å²) in [6.45, 7) is 0.321. The van der Waals surface area contributed by atoms with Gasteiger partial charge in [0.2, 0.25) is 0 Å². The minimum absolute atomic E-state index is 0.319. The monoisotopic (exact) mass is 316 g/mol. The van der Waals surface area contributed by atoms with Gasteiger partial charge in [0.15, 0.2) is 11.6 Å². The molecular weight excluding hydrogens is 298 g/mol. The van der Waals surface area contributed by atoms with Crippen molar-refractivity contribution in [3.63, 3.8) is 0 Å². The number of nitrogens with two attached hydrogens (primary N) is 1. The standard InChI is InChI=1S/C18H18F2N2O/c1-22(21)18-13(8-7-12-5-3-2-4-6-12)11-23-17-10-16(20)15(19)9-14(17)18/h2-6,9-10H,7-8,11,21H2,1H3. The molecule has 0 unspecified atom stereocenters. The number of benzene rings is 2. The predicted octanol–water partition coefficient (Wildman–Crippen LogP) is 3.51. The first kappa shape index (κ1) is 15.5. The number of ether oxygens (including phenoxy) is 1. The molecule has 1 aliphatic heterocycles. The quantitative estimate of drug-likeness (QED) is 0.693. The Morgan fingerprint density at radius 2 is 1.78 bits per heavy atom. The van der Waals surface area contributed by atoms with Crippen LogP contribution >= 0.6 is 0 Å². The van der Waals surface area contributed by atoms with Crippen LogP contribution in [-0.4, -0.2) is 18.7 Å². The second-order valence-corrected chi connectivity index (χ2v) is 5.60. The maximum Gasteiger partial charge on any atom is 0.162 e. The second kappa shape index (κ2) is 6.38. The molecule has 3 nitrogen and oxygen atoms in total. The fraction of sp³-hybridized carbons (Fsp3) is 0.222. The first-order valence-electron chi connectivity index (χ1n) is 7.43. The molecule has 0 bridgehead atoms. The first-order valence-corrected chi connectivity index (χ1v) is 7.43. The highest BCUT2D eigenvalue weighted by Gasteiger charge is 2.24. The van der Waals surface area contributed by atoms with Gasteiger partial charge < -0.3 is 9.75 Å². The predicted molar refractivity (Wildman–Crippen MR) is 85.5 cm³/mol. The molecule has 1 aliphatic rings. The van der Waals surface area contributed by atoms with Crippen molar-refractivity contribution in [2.75, 3.05) is 13.7 Å². The molecule has 0 spiro atoms. The van der Waals surface area contributed by atoms with Gasteiger partial charge in [-0.25, -0.2) is 14.6 Å². The zero-order valence-corrected chi connectivity index (χ0v) is 12.9. The van der Waals surface area contributed by atoms with Gasteiger partial charge in [-0.3, -0.25) is 0 Å². The van der Waals surface area contributed by atoms with Crippen molar-refractivity contribution in [2.24, 2.45) is 5.84 Å². The fourth-order valence-corrected chi connectivity index (χ4v) is 2.83. The van der Waals surface area contributed by atoms with Gasteiger partial charge in [0.1, 0.15) is 12.4 Å². The summed E-state index contributed by atoms with van der Waals surface area (Å²) in [5.41, 5.74) is 3.36. The molecule has 5 heteroatoms. The highest BCUT2D eigenvalue weighted by Crippen LogP contribution is 2.36. The van der Waals surface area contributed by atoms with E-state index in [9.17, 15) is 8.78 Å². The summed E-state index contributed by atoms with van der Waals surface area (Å²) >= 11 is 0. The molecule has 120 valence electrons. The van der Waals surface area contributed by atoms with Crippen molar-refractivity contribution in [3.8, 4) is 5.75 Å². The summed E-state index contributed by atoms with van der Waals surface area (Å²) in [6, 6.07) is 12.3. The lowest BCUT2D eigenvalue weighted by Crippen LogP contribution is -2.29. The number of fused-ring (bicyclic) bond motifs is 1. The maximum absolute atomic E-state index is 13.6. The molecule has 2 N–H and O–H groups in total. The Bertz CT molecular complexity index is 742. The highest BCUT2D eigenvalue weighted by atomic mass is 19.2. The van der Waals surface area contributed by atoms with Crippen LogP contribution in [-0.2, 0) is 6.42 Å². The molecule has 0 fully saturated rings. The number of rotatable bonds is 4. The molecular formula is C18H18F2N2O.